The van der Waals surface area contributed by atoms with Crippen LogP contribution in [0.15, 0.2) is 37.9 Å². The number of likely N-dealkylation sites (tertiary alicyclic amines) is 1. The van der Waals surface area contributed by atoms with Crippen molar-refractivity contribution in [2.75, 3.05) is 26.7 Å². The van der Waals surface area contributed by atoms with Crippen molar-refractivity contribution in [1.82, 2.24) is 4.90 Å². The normalized spacial score (nSPS) is 17.9. The molecule has 0 radical (unpaired) electrons. The van der Waals surface area contributed by atoms with E-state index in [4.69, 9.17) is 13.6 Å². The van der Waals surface area contributed by atoms with Gasteiger partial charge < -0.3 is 23.6 Å². The van der Waals surface area contributed by atoms with Crippen LogP contribution in [0.4, 0.5) is 0 Å². The number of rotatable bonds is 4. The summed E-state index contributed by atoms with van der Waals surface area (Å²) in [5.41, 5.74) is 0.775. The van der Waals surface area contributed by atoms with E-state index >= 15 is 0 Å². The van der Waals surface area contributed by atoms with Gasteiger partial charge in [0.15, 0.2) is 11.5 Å². The van der Waals surface area contributed by atoms with Gasteiger partial charge in [0.05, 0.1) is 12.2 Å². The molecule has 3 aromatic rings. The van der Waals surface area contributed by atoms with Crippen molar-refractivity contribution in [2.45, 2.75) is 26.7 Å². The number of hydrogen-bond acceptors (Lipinski definition) is 6. The van der Waals surface area contributed by atoms with Crippen molar-refractivity contribution in [2.24, 2.45) is 5.92 Å². The van der Waals surface area contributed by atoms with E-state index in [0.29, 0.717) is 29.4 Å². The fourth-order valence-electron chi connectivity index (χ4n) is 3.81. The summed E-state index contributed by atoms with van der Waals surface area (Å²) in [6.07, 6.45) is 2.40. The summed E-state index contributed by atoms with van der Waals surface area (Å²) < 4.78 is 17.2. The number of benzene rings is 1. The predicted octanol–water partition coefficient (Wildman–Crippen LogP) is 4.10. The Morgan fingerprint density at radius 2 is 2.04 bits per heavy atom. The molecule has 2 aromatic heterocycles. The van der Waals surface area contributed by atoms with E-state index in [0.717, 1.165) is 24.2 Å². The zero-order valence-corrected chi connectivity index (χ0v) is 16.4. The van der Waals surface area contributed by atoms with E-state index in [1.807, 2.05) is 18.2 Å². The Morgan fingerprint density at radius 3 is 2.82 bits per heavy atom. The summed E-state index contributed by atoms with van der Waals surface area (Å²) in [5.74, 6) is 1.93. The van der Waals surface area contributed by atoms with Crippen LogP contribution in [0.3, 0.4) is 0 Å². The predicted molar refractivity (Wildman–Crippen MR) is 107 cm³/mol. The second-order valence-electron chi connectivity index (χ2n) is 7.71. The van der Waals surface area contributed by atoms with Gasteiger partial charge >= 0.3 is 5.63 Å². The molecule has 0 saturated carbocycles. The fraction of sp³-hybridized carbons (Fsp3) is 0.409. The highest BCUT2D eigenvalue weighted by atomic mass is 16.5. The molecule has 1 aliphatic heterocycles. The lowest BCUT2D eigenvalue weighted by atomic mass is 10.00. The van der Waals surface area contributed by atoms with Gasteiger partial charge in [-0.3, -0.25) is 0 Å². The van der Waals surface area contributed by atoms with E-state index in [1.54, 1.807) is 13.0 Å². The van der Waals surface area contributed by atoms with Gasteiger partial charge in [-0.15, -0.1) is 0 Å². The molecule has 6 heteroatoms. The van der Waals surface area contributed by atoms with Gasteiger partial charge in [-0.05, 0) is 64.5 Å². The van der Waals surface area contributed by atoms with Gasteiger partial charge in [-0.2, -0.15) is 0 Å². The first kappa shape index (κ1) is 18.6. The SMILES string of the molecule is Cc1c(-c2cc3cc(OCC4CCCN(C)C4)ccc3o2)oc(=O)c(C)c1O. The van der Waals surface area contributed by atoms with Crippen molar-refractivity contribution in [3.05, 3.63) is 45.8 Å². The molecule has 1 aromatic carbocycles. The average molecular weight is 383 g/mol. The van der Waals surface area contributed by atoms with Crippen molar-refractivity contribution in [3.63, 3.8) is 0 Å². The third-order valence-electron chi connectivity index (χ3n) is 5.47. The quantitative estimate of drug-likeness (QED) is 0.731. The summed E-state index contributed by atoms with van der Waals surface area (Å²) in [4.78, 5) is 14.3. The third-order valence-corrected chi connectivity index (χ3v) is 5.47. The topological polar surface area (TPSA) is 76.0 Å². The molecule has 0 amide bonds. The van der Waals surface area contributed by atoms with Gasteiger partial charge in [0.1, 0.15) is 17.1 Å². The molecule has 0 aliphatic carbocycles. The van der Waals surface area contributed by atoms with Crippen LogP contribution in [-0.2, 0) is 0 Å². The summed E-state index contributed by atoms with van der Waals surface area (Å²) in [7, 11) is 2.15. The van der Waals surface area contributed by atoms with Gasteiger partial charge in [0.25, 0.3) is 0 Å². The average Bonchev–Trinajstić information content (AvgIpc) is 3.10. The summed E-state index contributed by atoms with van der Waals surface area (Å²) in [6, 6.07) is 7.47. The van der Waals surface area contributed by atoms with Gasteiger partial charge in [0.2, 0.25) is 0 Å². The fourth-order valence-corrected chi connectivity index (χ4v) is 3.81. The lowest BCUT2D eigenvalue weighted by Crippen LogP contribution is -2.34. The Labute approximate surface area is 163 Å². The lowest BCUT2D eigenvalue weighted by molar-refractivity contribution is 0.150. The van der Waals surface area contributed by atoms with Crippen molar-refractivity contribution in [1.29, 1.82) is 0 Å². The van der Waals surface area contributed by atoms with Crippen LogP contribution >= 0.6 is 0 Å². The summed E-state index contributed by atoms with van der Waals surface area (Å²) in [6.45, 7) is 6.14. The molecule has 4 rings (SSSR count). The Balaban J connectivity index is 1.58. The smallest absolute Gasteiger partial charge is 0.343 e. The van der Waals surface area contributed by atoms with Crippen LogP contribution in [0.25, 0.3) is 22.5 Å². The number of aromatic hydroxyl groups is 1. The molecule has 3 heterocycles. The Hall–Kier alpha value is -2.73. The third kappa shape index (κ3) is 3.52. The molecule has 0 spiro atoms. The van der Waals surface area contributed by atoms with E-state index in [2.05, 4.69) is 11.9 Å². The number of nitrogens with zero attached hydrogens (tertiary/aromatic N) is 1. The van der Waals surface area contributed by atoms with E-state index < -0.39 is 5.63 Å². The second-order valence-corrected chi connectivity index (χ2v) is 7.71. The van der Waals surface area contributed by atoms with Crippen LogP contribution < -0.4 is 10.4 Å². The summed E-state index contributed by atoms with van der Waals surface area (Å²) in [5, 5.41) is 11.0. The van der Waals surface area contributed by atoms with E-state index in [9.17, 15) is 9.90 Å². The van der Waals surface area contributed by atoms with Crippen LogP contribution in [0.2, 0.25) is 0 Å². The molecule has 1 atom stereocenters. The van der Waals surface area contributed by atoms with Crippen molar-refractivity contribution >= 4 is 11.0 Å². The van der Waals surface area contributed by atoms with Crippen LogP contribution in [-0.4, -0.2) is 36.8 Å². The molecule has 0 bridgehead atoms. The van der Waals surface area contributed by atoms with Gasteiger partial charge in [-0.25, -0.2) is 4.79 Å². The number of ether oxygens (including phenoxy) is 1. The highest BCUT2D eigenvalue weighted by Crippen LogP contribution is 2.34. The van der Waals surface area contributed by atoms with E-state index in [-0.39, 0.29) is 17.1 Å². The van der Waals surface area contributed by atoms with E-state index in [1.165, 1.54) is 19.8 Å². The Bertz CT molecular complexity index is 1060. The Kier molecular flexibility index (Phi) is 4.89. The molecular formula is C22H25NO5. The molecule has 1 aliphatic rings. The minimum Gasteiger partial charge on any atom is -0.507 e. The maximum absolute atomic E-state index is 11.9. The van der Waals surface area contributed by atoms with Crippen molar-refractivity contribution in [3.8, 4) is 23.0 Å². The minimum atomic E-state index is -0.569. The molecule has 148 valence electrons. The van der Waals surface area contributed by atoms with Crippen molar-refractivity contribution < 1.29 is 18.7 Å². The van der Waals surface area contributed by atoms with Gasteiger partial charge in [0, 0.05) is 23.4 Å². The largest absolute Gasteiger partial charge is 0.507 e. The summed E-state index contributed by atoms with van der Waals surface area (Å²) >= 11 is 0. The standard InChI is InChI=1S/C22H25NO5/c1-13-20(24)14(2)22(25)28-21(13)19-10-16-9-17(6-7-18(16)27-19)26-12-15-5-4-8-23(3)11-15/h6-7,9-10,15,24H,4-5,8,11-12H2,1-3H3. The lowest BCUT2D eigenvalue weighted by Gasteiger charge is -2.29. The second kappa shape index (κ2) is 7.36. The highest BCUT2D eigenvalue weighted by Gasteiger charge is 2.19. The van der Waals surface area contributed by atoms with Crippen LogP contribution in [0.5, 0.6) is 11.5 Å². The first-order chi connectivity index (χ1) is 13.4. The Morgan fingerprint density at radius 1 is 1.21 bits per heavy atom. The van der Waals surface area contributed by atoms with Crippen LogP contribution in [0.1, 0.15) is 24.0 Å². The number of furan rings is 1. The highest BCUT2D eigenvalue weighted by molar-refractivity contribution is 5.84. The first-order valence-electron chi connectivity index (χ1n) is 9.61. The number of fused-ring (bicyclic) bond motifs is 1. The first-order valence-corrected chi connectivity index (χ1v) is 9.61. The molecule has 1 unspecified atom stereocenters. The maximum Gasteiger partial charge on any atom is 0.343 e. The molecule has 1 saturated heterocycles. The number of piperidine rings is 1. The number of hydrogen-bond donors (Lipinski definition) is 1. The maximum atomic E-state index is 11.9. The van der Waals surface area contributed by atoms with Gasteiger partial charge in [-0.1, -0.05) is 0 Å². The molecule has 28 heavy (non-hydrogen) atoms. The van der Waals surface area contributed by atoms with Crippen LogP contribution in [0, 0.1) is 19.8 Å². The monoisotopic (exact) mass is 383 g/mol. The minimum absolute atomic E-state index is 0.0619. The molecule has 6 nitrogen and oxygen atoms in total. The molecule has 1 fully saturated rings. The zero-order valence-electron chi connectivity index (χ0n) is 16.4. The molecule has 1 N–H and O–H groups in total. The zero-order chi connectivity index (χ0) is 19.8. The molecular weight excluding hydrogens is 358 g/mol.